The van der Waals surface area contributed by atoms with Gasteiger partial charge in [-0.25, -0.2) is 0 Å². The van der Waals surface area contributed by atoms with Crippen LogP contribution < -0.4 is 0 Å². The Morgan fingerprint density at radius 3 is 1.09 bits per heavy atom. The molecule has 6 nitrogen and oxygen atoms in total. The van der Waals surface area contributed by atoms with Gasteiger partial charge in [-0.15, -0.1) is 12.4 Å². The molecule has 2 unspecified atom stereocenters. The second kappa shape index (κ2) is 11.6. The van der Waals surface area contributed by atoms with Gasteiger partial charge in [-0.2, -0.15) is 0 Å². The van der Waals surface area contributed by atoms with E-state index >= 15 is 0 Å². The van der Waals surface area contributed by atoms with Gasteiger partial charge in [0.15, 0.2) is 0 Å². The van der Waals surface area contributed by atoms with Crippen molar-refractivity contribution in [2.24, 2.45) is 0 Å². The molecule has 0 N–H and O–H groups in total. The molecule has 0 aromatic carbocycles. The van der Waals surface area contributed by atoms with Crippen molar-refractivity contribution in [1.82, 2.24) is 0 Å². The molecular weight excluding hydrogens is 320 g/mol. The zero-order valence-electron chi connectivity index (χ0n) is 16.5. The van der Waals surface area contributed by atoms with Crippen LogP contribution in [0.15, 0.2) is 0 Å². The third kappa shape index (κ3) is 26.4. The number of halogens is 1. The van der Waals surface area contributed by atoms with Gasteiger partial charge < -0.3 is 18.4 Å². The first kappa shape index (κ1) is 27.0. The van der Waals surface area contributed by atoms with Crippen LogP contribution in [0.2, 0.25) is 0 Å². The van der Waals surface area contributed by atoms with Crippen LogP contribution >= 0.6 is 12.4 Å². The minimum atomic E-state index is -0.203. The first-order valence-corrected chi connectivity index (χ1v) is 7.57. The highest BCUT2D eigenvalue weighted by molar-refractivity contribution is 5.85. The topological polar surface area (TPSA) is 52.6 Å². The summed E-state index contributed by atoms with van der Waals surface area (Å²) in [6, 6.07) is 0. The van der Waals surface area contributed by atoms with Crippen molar-refractivity contribution in [1.29, 1.82) is 0 Å². The zero-order valence-corrected chi connectivity index (χ0v) is 17.3. The average Bonchev–Trinajstić information content (AvgIpc) is 2.07. The number of hydrogen-bond acceptors (Lipinski definition) is 4. The van der Waals surface area contributed by atoms with Crippen molar-refractivity contribution in [3.05, 3.63) is 0 Å². The Bertz CT molecular complexity index is 315. The summed E-state index contributed by atoms with van der Waals surface area (Å²) in [6.07, 6.45) is 0.0139. The predicted molar refractivity (Wildman–Crippen MR) is 95.5 cm³/mol. The number of likely N-dealkylation sites (N-methyl/N-ethyl adjacent to an activating group) is 2. The van der Waals surface area contributed by atoms with Gasteiger partial charge in [-0.05, 0) is 13.8 Å². The molecule has 0 bridgehead atoms. The van der Waals surface area contributed by atoms with Crippen molar-refractivity contribution in [2.75, 3.05) is 55.4 Å². The number of quaternary nitrogens is 2. The summed E-state index contributed by atoms with van der Waals surface area (Å²) in [4.78, 5) is 21.0. The Morgan fingerprint density at radius 1 is 0.739 bits per heavy atom. The summed E-state index contributed by atoms with van der Waals surface area (Å²) < 4.78 is 11.6. The summed E-state index contributed by atoms with van der Waals surface area (Å²) in [5.41, 5.74) is 0. The SMILES string of the molecule is CC(=O)OC(C)C[N+](C)(C)C.CC(=O)OC(C)C[N+](C)(C)C.Cl. The zero-order chi connectivity index (χ0) is 18.1. The first-order valence-electron chi connectivity index (χ1n) is 7.57. The number of esters is 2. The lowest BCUT2D eigenvalue weighted by Crippen LogP contribution is -2.41. The molecule has 2 atom stereocenters. The number of carbonyl (C=O) groups is 2. The lowest BCUT2D eigenvalue weighted by Gasteiger charge is -2.26. The number of nitrogens with zero attached hydrogens (tertiary/aromatic N) is 2. The summed E-state index contributed by atoms with van der Waals surface area (Å²) in [7, 11) is 12.4. The highest BCUT2D eigenvalue weighted by Crippen LogP contribution is 1.99. The highest BCUT2D eigenvalue weighted by Gasteiger charge is 2.16. The van der Waals surface area contributed by atoms with Gasteiger partial charge in [0, 0.05) is 13.8 Å². The number of rotatable bonds is 6. The van der Waals surface area contributed by atoms with Crippen molar-refractivity contribution < 1.29 is 28.0 Å². The number of carbonyl (C=O) groups excluding carboxylic acids is 2. The highest BCUT2D eigenvalue weighted by atomic mass is 35.5. The van der Waals surface area contributed by atoms with E-state index < -0.39 is 0 Å². The van der Waals surface area contributed by atoms with E-state index in [1.807, 2.05) is 13.8 Å². The Morgan fingerprint density at radius 2 is 0.957 bits per heavy atom. The second-order valence-electron chi connectivity index (χ2n) is 7.79. The third-order valence-electron chi connectivity index (χ3n) is 2.34. The smallest absolute Gasteiger partial charge is 0.303 e. The van der Waals surface area contributed by atoms with Crippen molar-refractivity contribution in [3.63, 3.8) is 0 Å². The van der Waals surface area contributed by atoms with Gasteiger partial charge in [0.2, 0.25) is 0 Å². The van der Waals surface area contributed by atoms with E-state index in [0.717, 1.165) is 22.1 Å². The van der Waals surface area contributed by atoms with Crippen LogP contribution in [0.25, 0.3) is 0 Å². The fourth-order valence-electron chi connectivity index (χ4n) is 2.18. The van der Waals surface area contributed by atoms with E-state index in [4.69, 9.17) is 9.47 Å². The average molecular weight is 357 g/mol. The Hall–Kier alpha value is -0.850. The van der Waals surface area contributed by atoms with Gasteiger partial charge in [0.05, 0.1) is 42.3 Å². The molecule has 0 rings (SSSR count). The fraction of sp³-hybridized carbons (Fsp3) is 0.875. The third-order valence-corrected chi connectivity index (χ3v) is 2.34. The molecule has 0 aliphatic heterocycles. The van der Waals surface area contributed by atoms with Crippen molar-refractivity contribution >= 4 is 24.3 Å². The van der Waals surface area contributed by atoms with Crippen LogP contribution in [-0.2, 0) is 19.1 Å². The van der Waals surface area contributed by atoms with Crippen molar-refractivity contribution in [3.8, 4) is 0 Å². The van der Waals surface area contributed by atoms with Crippen molar-refractivity contribution in [2.45, 2.75) is 39.9 Å². The van der Waals surface area contributed by atoms with E-state index in [1.165, 1.54) is 13.8 Å². The summed E-state index contributed by atoms with van der Waals surface area (Å²) in [5, 5.41) is 0. The molecular formula is C16H37ClN2O4+2. The maximum Gasteiger partial charge on any atom is 0.303 e. The van der Waals surface area contributed by atoms with Crippen LogP contribution in [0.3, 0.4) is 0 Å². The van der Waals surface area contributed by atoms with Gasteiger partial charge in [-0.3, -0.25) is 9.59 Å². The quantitative estimate of drug-likeness (QED) is 0.537. The summed E-state index contributed by atoms with van der Waals surface area (Å²) in [5.74, 6) is -0.406. The Kier molecular flexibility index (Phi) is 13.7. The predicted octanol–water partition coefficient (Wildman–Crippen LogP) is 1.71. The maximum atomic E-state index is 10.5. The van der Waals surface area contributed by atoms with E-state index in [0.29, 0.717) is 0 Å². The molecule has 0 saturated carbocycles. The van der Waals surface area contributed by atoms with E-state index in [-0.39, 0.29) is 36.6 Å². The molecule has 7 heteroatoms. The minimum absolute atomic E-state index is 0. The number of ether oxygens (including phenoxy) is 2. The normalized spacial score (nSPS) is 13.7. The molecule has 0 aliphatic rings. The lowest BCUT2D eigenvalue weighted by molar-refractivity contribution is -0.873. The molecule has 0 fully saturated rings. The van der Waals surface area contributed by atoms with E-state index in [1.54, 1.807) is 0 Å². The molecule has 0 aromatic rings. The minimum Gasteiger partial charge on any atom is -0.457 e. The second-order valence-corrected chi connectivity index (χ2v) is 7.79. The molecule has 0 aliphatic carbocycles. The molecule has 0 radical (unpaired) electrons. The van der Waals surface area contributed by atoms with Gasteiger partial charge in [0.1, 0.15) is 25.3 Å². The fourth-order valence-corrected chi connectivity index (χ4v) is 2.18. The van der Waals surface area contributed by atoms with Crippen LogP contribution in [0.4, 0.5) is 0 Å². The first-order chi connectivity index (χ1) is 9.62. The van der Waals surface area contributed by atoms with Gasteiger partial charge >= 0.3 is 11.9 Å². The largest absolute Gasteiger partial charge is 0.457 e. The monoisotopic (exact) mass is 356 g/mol. The van der Waals surface area contributed by atoms with Crippen LogP contribution in [0.1, 0.15) is 27.7 Å². The van der Waals surface area contributed by atoms with Crippen LogP contribution in [-0.4, -0.2) is 88.5 Å². The number of hydrogen-bond donors (Lipinski definition) is 0. The van der Waals surface area contributed by atoms with Crippen LogP contribution in [0, 0.1) is 0 Å². The molecule has 23 heavy (non-hydrogen) atoms. The molecule has 0 saturated heterocycles. The Balaban J connectivity index is -0.000000333. The van der Waals surface area contributed by atoms with Gasteiger partial charge in [0.25, 0.3) is 0 Å². The van der Waals surface area contributed by atoms with E-state index in [9.17, 15) is 9.59 Å². The molecule has 0 aromatic heterocycles. The van der Waals surface area contributed by atoms with Gasteiger partial charge in [-0.1, -0.05) is 0 Å². The molecule has 0 amide bonds. The molecule has 0 heterocycles. The molecule has 0 spiro atoms. The maximum absolute atomic E-state index is 10.5. The summed E-state index contributed by atoms with van der Waals surface area (Å²) >= 11 is 0. The summed E-state index contributed by atoms with van der Waals surface area (Å²) in [6.45, 7) is 8.38. The van der Waals surface area contributed by atoms with Crippen LogP contribution in [0.5, 0.6) is 0 Å². The molecule has 140 valence electrons. The van der Waals surface area contributed by atoms with E-state index in [2.05, 4.69) is 42.3 Å². The standard InChI is InChI=1S/2C8H18NO2.ClH/c2*1-7(11-8(2)10)6-9(3,4)5;/h2*7H,6H2,1-5H3;1H/q2*+1;. The Labute approximate surface area is 148 Å². The lowest BCUT2D eigenvalue weighted by atomic mass is 10.3.